The van der Waals surface area contributed by atoms with Gasteiger partial charge in [-0.1, -0.05) is 0 Å². The van der Waals surface area contributed by atoms with E-state index < -0.39 is 0 Å². The first-order chi connectivity index (χ1) is 6.75. The van der Waals surface area contributed by atoms with Crippen molar-refractivity contribution in [3.8, 4) is 0 Å². The Morgan fingerprint density at radius 3 is 2.93 bits per heavy atom. The van der Waals surface area contributed by atoms with E-state index in [0.29, 0.717) is 5.91 Å². The van der Waals surface area contributed by atoms with Crippen LogP contribution in [0.15, 0.2) is 15.9 Å². The molecule has 1 amide bonds. The Labute approximate surface area is 96.0 Å². The van der Waals surface area contributed by atoms with Gasteiger partial charge in [-0.15, -0.1) is 11.3 Å². The van der Waals surface area contributed by atoms with Crippen LogP contribution in [0, 0.1) is 0 Å². The fourth-order valence-corrected chi connectivity index (χ4v) is 3.15. The van der Waals surface area contributed by atoms with Crippen molar-refractivity contribution in [1.82, 2.24) is 4.90 Å². The first kappa shape index (κ1) is 10.2. The smallest absolute Gasteiger partial charge is 0.222 e. The summed E-state index contributed by atoms with van der Waals surface area (Å²) in [6.45, 7) is 1.71. The third-order valence-electron chi connectivity index (χ3n) is 2.40. The van der Waals surface area contributed by atoms with Crippen LogP contribution in [0.2, 0.25) is 0 Å². The predicted octanol–water partition coefficient (Wildman–Crippen LogP) is 3.02. The van der Waals surface area contributed by atoms with Crippen LogP contribution in [0.4, 0.5) is 0 Å². The van der Waals surface area contributed by atoms with Crippen LogP contribution in [0.3, 0.4) is 0 Å². The Balaban J connectivity index is 1.99. The van der Waals surface area contributed by atoms with Crippen LogP contribution < -0.4 is 0 Å². The molecule has 0 atom stereocenters. The molecule has 0 N–H and O–H groups in total. The molecule has 0 aliphatic carbocycles. The number of rotatable bonds is 2. The van der Waals surface area contributed by atoms with Gasteiger partial charge in [0.15, 0.2) is 0 Å². The van der Waals surface area contributed by atoms with E-state index in [1.807, 2.05) is 11.0 Å². The van der Waals surface area contributed by atoms with Crippen molar-refractivity contribution >= 4 is 33.2 Å². The average Bonchev–Trinajstić information content (AvgIpc) is 2.56. The summed E-state index contributed by atoms with van der Waals surface area (Å²) < 4.78 is 1.14. The molecule has 1 fully saturated rings. The Morgan fingerprint density at radius 2 is 2.29 bits per heavy atom. The van der Waals surface area contributed by atoms with Crippen molar-refractivity contribution in [2.75, 3.05) is 6.54 Å². The molecule has 0 spiro atoms. The number of carbonyl (C=O) groups is 1. The lowest BCUT2D eigenvalue weighted by molar-refractivity contribution is -0.133. The van der Waals surface area contributed by atoms with E-state index in [9.17, 15) is 4.79 Å². The number of carbonyl (C=O) groups excluding carboxylic acids is 1. The van der Waals surface area contributed by atoms with Gasteiger partial charge in [-0.05, 0) is 40.9 Å². The molecule has 2 nitrogen and oxygen atoms in total. The van der Waals surface area contributed by atoms with Gasteiger partial charge >= 0.3 is 0 Å². The van der Waals surface area contributed by atoms with Crippen LogP contribution in [-0.2, 0) is 11.3 Å². The van der Waals surface area contributed by atoms with E-state index in [0.717, 1.165) is 36.1 Å². The summed E-state index contributed by atoms with van der Waals surface area (Å²) in [5.41, 5.74) is 0. The summed E-state index contributed by atoms with van der Waals surface area (Å²) in [6.07, 6.45) is 2.94. The minimum absolute atomic E-state index is 0.306. The second kappa shape index (κ2) is 4.45. The molecule has 1 aromatic heterocycles. The molecule has 14 heavy (non-hydrogen) atoms. The van der Waals surface area contributed by atoms with Gasteiger partial charge in [0.25, 0.3) is 0 Å². The zero-order valence-electron chi connectivity index (χ0n) is 7.83. The van der Waals surface area contributed by atoms with Crippen LogP contribution in [0.5, 0.6) is 0 Å². The molecule has 0 saturated carbocycles. The molecule has 0 radical (unpaired) electrons. The lowest BCUT2D eigenvalue weighted by atomic mass is 10.1. The van der Waals surface area contributed by atoms with E-state index in [4.69, 9.17) is 0 Å². The van der Waals surface area contributed by atoms with Gasteiger partial charge in [-0.2, -0.15) is 0 Å². The van der Waals surface area contributed by atoms with E-state index in [-0.39, 0.29) is 0 Å². The molecule has 0 bridgehead atoms. The van der Waals surface area contributed by atoms with Gasteiger partial charge in [-0.25, -0.2) is 0 Å². The van der Waals surface area contributed by atoms with Gasteiger partial charge in [0, 0.05) is 17.8 Å². The van der Waals surface area contributed by atoms with Crippen LogP contribution >= 0.6 is 27.3 Å². The summed E-state index contributed by atoms with van der Waals surface area (Å²) in [4.78, 5) is 14.7. The first-order valence-electron chi connectivity index (χ1n) is 4.78. The van der Waals surface area contributed by atoms with Crippen LogP contribution in [-0.4, -0.2) is 17.4 Å². The lowest BCUT2D eigenvalue weighted by Gasteiger charge is -2.26. The molecule has 0 aromatic carbocycles. The largest absolute Gasteiger partial charge is 0.338 e. The Kier molecular flexibility index (Phi) is 3.23. The second-order valence-electron chi connectivity index (χ2n) is 3.48. The fourth-order valence-electron chi connectivity index (χ4n) is 1.65. The molecule has 2 rings (SSSR count). The standard InChI is InChI=1S/C10H12BrNOS/c11-9-5-4-8(14-9)7-12-6-2-1-3-10(12)13/h4-5H,1-3,6-7H2. The van der Waals surface area contributed by atoms with Crippen molar-refractivity contribution in [3.63, 3.8) is 0 Å². The van der Waals surface area contributed by atoms with Crippen molar-refractivity contribution < 1.29 is 4.79 Å². The summed E-state index contributed by atoms with van der Waals surface area (Å²) in [6, 6.07) is 4.12. The molecule has 1 aromatic rings. The summed E-state index contributed by atoms with van der Waals surface area (Å²) in [5, 5.41) is 0. The number of hydrogen-bond donors (Lipinski definition) is 0. The highest BCUT2D eigenvalue weighted by Crippen LogP contribution is 2.24. The Hall–Kier alpha value is -0.350. The van der Waals surface area contributed by atoms with Gasteiger partial charge < -0.3 is 4.90 Å². The van der Waals surface area contributed by atoms with E-state index in [2.05, 4.69) is 22.0 Å². The number of thiophene rings is 1. The first-order valence-corrected chi connectivity index (χ1v) is 6.38. The third kappa shape index (κ3) is 2.36. The van der Waals surface area contributed by atoms with Crippen LogP contribution in [0.25, 0.3) is 0 Å². The topological polar surface area (TPSA) is 20.3 Å². The molecule has 76 valence electrons. The summed E-state index contributed by atoms with van der Waals surface area (Å²) in [5.74, 6) is 0.306. The maximum atomic E-state index is 11.5. The normalized spacial score (nSPS) is 17.5. The monoisotopic (exact) mass is 273 g/mol. The van der Waals surface area contributed by atoms with Crippen molar-refractivity contribution in [2.24, 2.45) is 0 Å². The molecule has 1 aliphatic heterocycles. The lowest BCUT2D eigenvalue weighted by Crippen LogP contribution is -2.34. The summed E-state index contributed by atoms with van der Waals surface area (Å²) in [7, 11) is 0. The molecule has 4 heteroatoms. The number of likely N-dealkylation sites (tertiary alicyclic amines) is 1. The van der Waals surface area contributed by atoms with Crippen molar-refractivity contribution in [2.45, 2.75) is 25.8 Å². The predicted molar refractivity (Wildman–Crippen MR) is 61.3 cm³/mol. The molecule has 1 saturated heterocycles. The maximum Gasteiger partial charge on any atom is 0.222 e. The van der Waals surface area contributed by atoms with Crippen LogP contribution in [0.1, 0.15) is 24.1 Å². The average molecular weight is 274 g/mol. The highest BCUT2D eigenvalue weighted by atomic mass is 79.9. The highest BCUT2D eigenvalue weighted by molar-refractivity contribution is 9.11. The van der Waals surface area contributed by atoms with Gasteiger partial charge in [0.2, 0.25) is 5.91 Å². The minimum Gasteiger partial charge on any atom is -0.338 e. The molecular weight excluding hydrogens is 262 g/mol. The Bertz CT molecular complexity index is 337. The highest BCUT2D eigenvalue weighted by Gasteiger charge is 2.18. The second-order valence-corrected chi connectivity index (χ2v) is 6.03. The quantitative estimate of drug-likeness (QED) is 0.811. The zero-order valence-corrected chi connectivity index (χ0v) is 10.2. The number of hydrogen-bond acceptors (Lipinski definition) is 2. The molecule has 1 aliphatic rings. The number of halogens is 1. The number of nitrogens with zero attached hydrogens (tertiary/aromatic N) is 1. The van der Waals surface area contributed by atoms with E-state index in [1.165, 1.54) is 4.88 Å². The third-order valence-corrected chi connectivity index (χ3v) is 4.01. The van der Waals surface area contributed by atoms with E-state index >= 15 is 0 Å². The maximum absolute atomic E-state index is 11.5. The summed E-state index contributed by atoms with van der Waals surface area (Å²) >= 11 is 5.13. The van der Waals surface area contributed by atoms with Gasteiger partial charge in [0.1, 0.15) is 0 Å². The van der Waals surface area contributed by atoms with Crippen molar-refractivity contribution in [1.29, 1.82) is 0 Å². The van der Waals surface area contributed by atoms with Gasteiger partial charge in [0.05, 0.1) is 10.3 Å². The number of piperidine rings is 1. The Morgan fingerprint density at radius 1 is 1.43 bits per heavy atom. The zero-order chi connectivity index (χ0) is 9.97. The number of amides is 1. The van der Waals surface area contributed by atoms with E-state index in [1.54, 1.807) is 11.3 Å². The van der Waals surface area contributed by atoms with Crippen molar-refractivity contribution in [3.05, 3.63) is 20.8 Å². The minimum atomic E-state index is 0.306. The van der Waals surface area contributed by atoms with Gasteiger partial charge in [-0.3, -0.25) is 4.79 Å². The molecule has 2 heterocycles. The fraction of sp³-hybridized carbons (Fsp3) is 0.500. The molecule has 0 unspecified atom stereocenters. The SMILES string of the molecule is O=C1CCCCN1Cc1ccc(Br)s1. The molecular formula is C10H12BrNOS.